The normalized spacial score (nSPS) is 11.2. The number of amides is 1. The van der Waals surface area contributed by atoms with Gasteiger partial charge < -0.3 is 9.47 Å². The Morgan fingerprint density at radius 1 is 1.04 bits per heavy atom. The lowest BCUT2D eigenvalue weighted by Crippen LogP contribution is -2.17. The van der Waals surface area contributed by atoms with Crippen molar-refractivity contribution in [1.29, 1.82) is 0 Å². The minimum absolute atomic E-state index is 0.0123. The molecule has 5 heteroatoms. The van der Waals surface area contributed by atoms with Gasteiger partial charge in [-0.2, -0.15) is 5.10 Å². The molecule has 0 spiro atoms. The van der Waals surface area contributed by atoms with Gasteiger partial charge in [0.25, 0.3) is 5.91 Å². The number of hydrogen-bond acceptors (Lipinski definition) is 4. The molecular weight excluding hydrogens is 328 g/mol. The Hall–Kier alpha value is -2.82. The van der Waals surface area contributed by atoms with E-state index in [0.29, 0.717) is 11.3 Å². The molecule has 0 atom stereocenters. The molecule has 0 aliphatic rings. The Balaban J connectivity index is 2.13. The Bertz CT molecular complexity index is 783. The van der Waals surface area contributed by atoms with Gasteiger partial charge in [-0.3, -0.25) is 4.79 Å². The van der Waals surface area contributed by atoms with Gasteiger partial charge in [-0.05, 0) is 58.9 Å². The molecule has 0 fully saturated rings. The lowest BCUT2D eigenvalue weighted by molar-refractivity contribution is 0.0955. The minimum atomic E-state index is -0.254. The fourth-order valence-corrected chi connectivity index (χ4v) is 2.33. The Labute approximate surface area is 155 Å². The maximum atomic E-state index is 12.1. The Morgan fingerprint density at radius 2 is 1.77 bits per heavy atom. The first-order valence-corrected chi connectivity index (χ1v) is 8.72. The monoisotopic (exact) mass is 354 g/mol. The fraction of sp³-hybridized carbons (Fsp3) is 0.333. The molecule has 1 amide bonds. The number of carbonyl (C=O) groups excluding carboxylic acids is 1. The molecule has 0 aromatic heterocycles. The van der Waals surface area contributed by atoms with Crippen LogP contribution in [0.3, 0.4) is 0 Å². The lowest BCUT2D eigenvalue weighted by atomic mass is 10.1. The van der Waals surface area contributed by atoms with Crippen LogP contribution in [-0.2, 0) is 0 Å². The largest absolute Gasteiger partial charge is 0.491 e. The highest BCUT2D eigenvalue weighted by Gasteiger charge is 2.08. The topological polar surface area (TPSA) is 59.9 Å². The fourth-order valence-electron chi connectivity index (χ4n) is 2.33. The van der Waals surface area contributed by atoms with Crippen LogP contribution in [0.1, 0.15) is 49.2 Å². The number of carbonyl (C=O) groups is 1. The van der Waals surface area contributed by atoms with Gasteiger partial charge in [0.05, 0.1) is 18.4 Å². The van der Waals surface area contributed by atoms with Crippen molar-refractivity contribution in [2.75, 3.05) is 0 Å². The number of nitrogens with one attached hydrogen (secondary N) is 1. The van der Waals surface area contributed by atoms with Crippen molar-refractivity contribution in [3.05, 3.63) is 59.2 Å². The smallest absolute Gasteiger partial charge is 0.271 e. The molecule has 2 aromatic carbocycles. The second kappa shape index (κ2) is 9.04. The van der Waals surface area contributed by atoms with E-state index >= 15 is 0 Å². The summed E-state index contributed by atoms with van der Waals surface area (Å²) in [7, 11) is 0. The zero-order valence-electron chi connectivity index (χ0n) is 15.9. The highest BCUT2D eigenvalue weighted by molar-refractivity contribution is 5.95. The summed E-state index contributed by atoms with van der Waals surface area (Å²) in [5.41, 5.74) is 4.90. The SMILES string of the molecule is Cc1cccc(C(=O)N/N=C\c2ccc(OC(C)C)cc2OC(C)C)c1. The zero-order valence-corrected chi connectivity index (χ0v) is 15.9. The summed E-state index contributed by atoms with van der Waals surface area (Å²) in [6, 6.07) is 12.9. The van der Waals surface area contributed by atoms with Crippen molar-refractivity contribution in [2.45, 2.75) is 46.8 Å². The number of benzene rings is 2. The maximum Gasteiger partial charge on any atom is 0.271 e. The van der Waals surface area contributed by atoms with Gasteiger partial charge in [0, 0.05) is 17.2 Å². The number of aryl methyl sites for hydroxylation is 1. The van der Waals surface area contributed by atoms with Gasteiger partial charge >= 0.3 is 0 Å². The van der Waals surface area contributed by atoms with Gasteiger partial charge in [0.15, 0.2) is 0 Å². The average Bonchev–Trinajstić information content (AvgIpc) is 2.55. The molecule has 2 aromatic rings. The molecule has 0 radical (unpaired) electrons. The Morgan fingerprint density at radius 3 is 2.42 bits per heavy atom. The van der Waals surface area contributed by atoms with E-state index in [-0.39, 0.29) is 18.1 Å². The van der Waals surface area contributed by atoms with Crippen molar-refractivity contribution < 1.29 is 14.3 Å². The molecule has 0 aliphatic carbocycles. The predicted octanol–water partition coefficient (Wildman–Crippen LogP) is 4.33. The number of rotatable bonds is 7. The summed E-state index contributed by atoms with van der Waals surface area (Å²) < 4.78 is 11.6. The van der Waals surface area contributed by atoms with E-state index in [9.17, 15) is 4.79 Å². The van der Waals surface area contributed by atoms with Gasteiger partial charge in [-0.25, -0.2) is 5.43 Å². The summed E-state index contributed by atoms with van der Waals surface area (Å²) in [5, 5.41) is 4.06. The second-order valence-corrected chi connectivity index (χ2v) is 6.60. The zero-order chi connectivity index (χ0) is 19.1. The lowest BCUT2D eigenvalue weighted by Gasteiger charge is -2.15. The van der Waals surface area contributed by atoms with Crippen LogP contribution in [0.25, 0.3) is 0 Å². The van der Waals surface area contributed by atoms with Crippen molar-refractivity contribution in [3.8, 4) is 11.5 Å². The molecule has 0 heterocycles. The van der Waals surface area contributed by atoms with Crippen molar-refractivity contribution in [3.63, 3.8) is 0 Å². The van der Waals surface area contributed by atoms with Gasteiger partial charge in [-0.15, -0.1) is 0 Å². The quantitative estimate of drug-likeness (QED) is 0.594. The molecule has 0 saturated carbocycles. The third-order valence-electron chi connectivity index (χ3n) is 3.37. The van der Waals surface area contributed by atoms with Gasteiger partial charge in [0.1, 0.15) is 11.5 Å². The standard InChI is InChI=1S/C21H26N2O3/c1-14(2)25-19-10-9-18(20(12-19)26-15(3)4)13-22-23-21(24)17-8-6-7-16(5)11-17/h6-15H,1-5H3,(H,23,24)/b22-13-. The molecule has 1 N–H and O–H groups in total. The number of hydrogen-bond donors (Lipinski definition) is 1. The van der Waals surface area contributed by atoms with Crippen LogP contribution in [0.15, 0.2) is 47.6 Å². The van der Waals surface area contributed by atoms with E-state index in [4.69, 9.17) is 9.47 Å². The second-order valence-electron chi connectivity index (χ2n) is 6.60. The van der Waals surface area contributed by atoms with Crippen LogP contribution in [-0.4, -0.2) is 24.3 Å². The number of hydrazone groups is 1. The first-order chi connectivity index (χ1) is 12.3. The first-order valence-electron chi connectivity index (χ1n) is 8.72. The average molecular weight is 354 g/mol. The molecule has 0 aliphatic heterocycles. The summed E-state index contributed by atoms with van der Waals surface area (Å²) in [6.45, 7) is 9.79. The third-order valence-corrected chi connectivity index (χ3v) is 3.37. The molecule has 0 unspecified atom stereocenters. The highest BCUT2D eigenvalue weighted by Crippen LogP contribution is 2.25. The summed E-state index contributed by atoms with van der Waals surface area (Å²) >= 11 is 0. The first kappa shape index (κ1) is 19.5. The molecule has 138 valence electrons. The summed E-state index contributed by atoms with van der Waals surface area (Å²) in [6.07, 6.45) is 1.67. The predicted molar refractivity (Wildman–Crippen MR) is 104 cm³/mol. The van der Waals surface area contributed by atoms with Crippen molar-refractivity contribution in [2.24, 2.45) is 5.10 Å². The maximum absolute atomic E-state index is 12.1. The molecular formula is C21H26N2O3. The summed E-state index contributed by atoms with van der Waals surface area (Å²) in [4.78, 5) is 12.1. The van der Waals surface area contributed by atoms with E-state index in [1.165, 1.54) is 0 Å². The van der Waals surface area contributed by atoms with E-state index in [2.05, 4.69) is 10.5 Å². The number of nitrogens with zero attached hydrogens (tertiary/aromatic N) is 1. The molecule has 0 bridgehead atoms. The van der Waals surface area contributed by atoms with Crippen LogP contribution in [0.2, 0.25) is 0 Å². The van der Waals surface area contributed by atoms with E-state index in [1.807, 2.05) is 71.0 Å². The van der Waals surface area contributed by atoms with Crippen LogP contribution in [0.4, 0.5) is 0 Å². The molecule has 0 saturated heterocycles. The molecule has 26 heavy (non-hydrogen) atoms. The molecule has 2 rings (SSSR count). The van der Waals surface area contributed by atoms with Gasteiger partial charge in [-0.1, -0.05) is 17.7 Å². The van der Waals surface area contributed by atoms with Gasteiger partial charge in [0.2, 0.25) is 0 Å². The minimum Gasteiger partial charge on any atom is -0.491 e. The van der Waals surface area contributed by atoms with E-state index in [0.717, 1.165) is 16.9 Å². The van der Waals surface area contributed by atoms with E-state index in [1.54, 1.807) is 12.3 Å². The summed E-state index contributed by atoms with van der Waals surface area (Å²) in [5.74, 6) is 1.14. The van der Waals surface area contributed by atoms with Crippen LogP contribution >= 0.6 is 0 Å². The highest BCUT2D eigenvalue weighted by atomic mass is 16.5. The van der Waals surface area contributed by atoms with Crippen LogP contribution in [0, 0.1) is 6.92 Å². The number of ether oxygens (including phenoxy) is 2. The van der Waals surface area contributed by atoms with E-state index < -0.39 is 0 Å². The van der Waals surface area contributed by atoms with Crippen molar-refractivity contribution >= 4 is 12.1 Å². The third kappa shape index (κ3) is 5.92. The van der Waals surface area contributed by atoms with Crippen molar-refractivity contribution in [1.82, 2.24) is 5.43 Å². The Kier molecular flexibility index (Phi) is 6.78. The van der Waals surface area contributed by atoms with Crippen LogP contribution < -0.4 is 14.9 Å². The molecule has 5 nitrogen and oxygen atoms in total. The van der Waals surface area contributed by atoms with Crippen LogP contribution in [0.5, 0.6) is 11.5 Å².